The summed E-state index contributed by atoms with van der Waals surface area (Å²) in [5, 5.41) is 1.10. The normalized spacial score (nSPS) is 21.4. The van der Waals surface area contributed by atoms with E-state index >= 15 is 0 Å². The summed E-state index contributed by atoms with van der Waals surface area (Å²) in [6, 6.07) is 10.8. The highest BCUT2D eigenvalue weighted by Crippen LogP contribution is 2.26. The fourth-order valence-electron chi connectivity index (χ4n) is 3.68. The van der Waals surface area contributed by atoms with Crippen LogP contribution in [-0.4, -0.2) is 41.5 Å². The smallest absolute Gasteiger partial charge is 0.242 e. The van der Waals surface area contributed by atoms with Crippen molar-refractivity contribution in [2.75, 3.05) is 18.5 Å². The molecule has 3 rings (SSSR count). The van der Waals surface area contributed by atoms with Gasteiger partial charge in [-0.2, -0.15) is 0 Å². The van der Waals surface area contributed by atoms with E-state index < -0.39 is 0 Å². The summed E-state index contributed by atoms with van der Waals surface area (Å²) in [7, 11) is 1.97. The maximum absolute atomic E-state index is 12.8. The van der Waals surface area contributed by atoms with Gasteiger partial charge in [0.15, 0.2) is 0 Å². The summed E-state index contributed by atoms with van der Waals surface area (Å²) in [6.45, 7) is 4.71. The van der Waals surface area contributed by atoms with Crippen LogP contribution in [0.15, 0.2) is 36.5 Å². The fraction of sp³-hybridized carbons (Fsp3) is 0.474. The van der Waals surface area contributed by atoms with Crippen molar-refractivity contribution in [2.24, 2.45) is 0 Å². The molecule has 0 unspecified atom stereocenters. The SMILES string of the molecule is C[C@H]1CCC[C@H](C)N1C(=O)CN(C)c1cccc2cccnc12. The Kier molecular flexibility index (Phi) is 4.51. The maximum atomic E-state index is 12.8. The second-order valence-corrected chi connectivity index (χ2v) is 6.64. The molecule has 4 nitrogen and oxygen atoms in total. The van der Waals surface area contributed by atoms with Crippen LogP contribution in [0, 0.1) is 0 Å². The molecular formula is C19H25N3O. The van der Waals surface area contributed by atoms with Crippen LogP contribution in [0.4, 0.5) is 5.69 Å². The van der Waals surface area contributed by atoms with Gasteiger partial charge in [-0.3, -0.25) is 9.78 Å². The predicted molar refractivity (Wildman–Crippen MR) is 94.6 cm³/mol. The van der Waals surface area contributed by atoms with Crippen LogP contribution in [-0.2, 0) is 4.79 Å². The lowest BCUT2D eigenvalue weighted by Crippen LogP contribution is -2.50. The molecule has 1 saturated heterocycles. The number of nitrogens with zero attached hydrogens (tertiary/aromatic N) is 3. The number of benzene rings is 1. The zero-order valence-electron chi connectivity index (χ0n) is 14.2. The number of carbonyl (C=O) groups is 1. The first-order valence-corrected chi connectivity index (χ1v) is 8.44. The molecule has 0 aliphatic carbocycles. The molecule has 0 saturated carbocycles. The third-order valence-corrected chi connectivity index (χ3v) is 4.88. The Morgan fingerprint density at radius 2 is 1.91 bits per heavy atom. The Labute approximate surface area is 138 Å². The van der Waals surface area contributed by atoms with Crippen LogP contribution >= 0.6 is 0 Å². The molecule has 1 fully saturated rings. The van der Waals surface area contributed by atoms with Crippen molar-refractivity contribution in [3.8, 4) is 0 Å². The molecule has 0 spiro atoms. The molecule has 1 aliphatic heterocycles. The number of pyridine rings is 1. The van der Waals surface area contributed by atoms with E-state index in [4.69, 9.17) is 0 Å². The third kappa shape index (κ3) is 3.16. The van der Waals surface area contributed by atoms with E-state index in [1.54, 1.807) is 6.20 Å². The molecule has 0 radical (unpaired) electrons. The molecular weight excluding hydrogens is 286 g/mol. The number of carbonyl (C=O) groups excluding carboxylic acids is 1. The Morgan fingerprint density at radius 3 is 2.65 bits per heavy atom. The van der Waals surface area contributed by atoms with Crippen molar-refractivity contribution in [1.82, 2.24) is 9.88 Å². The van der Waals surface area contributed by atoms with Crippen molar-refractivity contribution in [2.45, 2.75) is 45.2 Å². The molecule has 1 aromatic heterocycles. The number of fused-ring (bicyclic) bond motifs is 1. The number of likely N-dealkylation sites (N-methyl/N-ethyl adjacent to an activating group) is 1. The first kappa shape index (κ1) is 15.8. The van der Waals surface area contributed by atoms with Gasteiger partial charge in [-0.25, -0.2) is 0 Å². The number of hydrogen-bond donors (Lipinski definition) is 0. The molecule has 2 atom stereocenters. The number of aromatic nitrogens is 1. The summed E-state index contributed by atoms with van der Waals surface area (Å²) in [5.41, 5.74) is 1.96. The first-order valence-electron chi connectivity index (χ1n) is 8.44. The average Bonchev–Trinajstić information content (AvgIpc) is 2.54. The largest absolute Gasteiger partial charge is 0.364 e. The minimum Gasteiger partial charge on any atom is -0.364 e. The van der Waals surface area contributed by atoms with Crippen LogP contribution < -0.4 is 4.90 Å². The van der Waals surface area contributed by atoms with Crippen molar-refractivity contribution >= 4 is 22.5 Å². The van der Waals surface area contributed by atoms with Gasteiger partial charge in [0.1, 0.15) is 0 Å². The van der Waals surface area contributed by atoms with Crippen molar-refractivity contribution in [3.63, 3.8) is 0 Å². The number of anilines is 1. The van der Waals surface area contributed by atoms with Crippen molar-refractivity contribution in [1.29, 1.82) is 0 Å². The molecule has 2 heterocycles. The Hall–Kier alpha value is -2.10. The van der Waals surface area contributed by atoms with E-state index in [2.05, 4.69) is 35.9 Å². The van der Waals surface area contributed by atoms with Gasteiger partial charge in [-0.05, 0) is 45.2 Å². The average molecular weight is 311 g/mol. The highest BCUT2D eigenvalue weighted by atomic mass is 16.2. The minimum absolute atomic E-state index is 0.208. The van der Waals surface area contributed by atoms with Crippen molar-refractivity contribution in [3.05, 3.63) is 36.5 Å². The summed E-state index contributed by atoms with van der Waals surface area (Å²) in [6.07, 6.45) is 5.23. The molecule has 0 N–H and O–H groups in total. The quantitative estimate of drug-likeness (QED) is 0.871. The van der Waals surface area contributed by atoms with E-state index in [0.717, 1.165) is 29.4 Å². The maximum Gasteiger partial charge on any atom is 0.242 e. The van der Waals surface area contributed by atoms with Gasteiger partial charge < -0.3 is 9.80 Å². The van der Waals surface area contributed by atoms with Crippen molar-refractivity contribution < 1.29 is 4.79 Å². The van der Waals surface area contributed by atoms with Gasteiger partial charge in [0.25, 0.3) is 0 Å². The van der Waals surface area contributed by atoms with Gasteiger partial charge in [0.05, 0.1) is 17.7 Å². The van der Waals surface area contributed by atoms with Gasteiger partial charge in [-0.15, -0.1) is 0 Å². The van der Waals surface area contributed by atoms with E-state index in [1.165, 1.54) is 6.42 Å². The van der Waals surface area contributed by atoms with E-state index in [0.29, 0.717) is 18.6 Å². The van der Waals surface area contributed by atoms with E-state index in [9.17, 15) is 4.79 Å². The zero-order valence-corrected chi connectivity index (χ0v) is 14.2. The summed E-state index contributed by atoms with van der Waals surface area (Å²) in [5.74, 6) is 0.208. The lowest BCUT2D eigenvalue weighted by Gasteiger charge is -2.40. The van der Waals surface area contributed by atoms with Crippen LogP contribution in [0.25, 0.3) is 10.9 Å². The molecule has 0 bridgehead atoms. The molecule has 4 heteroatoms. The van der Waals surface area contributed by atoms with Crippen LogP contribution in [0.5, 0.6) is 0 Å². The molecule has 23 heavy (non-hydrogen) atoms. The minimum atomic E-state index is 0.208. The van der Waals surface area contributed by atoms with Crippen LogP contribution in [0.1, 0.15) is 33.1 Å². The molecule has 2 aromatic rings. The number of hydrogen-bond acceptors (Lipinski definition) is 3. The second kappa shape index (κ2) is 6.57. The topological polar surface area (TPSA) is 36.4 Å². The van der Waals surface area contributed by atoms with Gasteiger partial charge in [-0.1, -0.05) is 18.2 Å². The zero-order chi connectivity index (χ0) is 16.4. The standard InChI is InChI=1S/C19H25N3O/c1-14-7-4-8-15(2)22(14)18(23)13-21(3)17-11-5-9-16-10-6-12-20-19(16)17/h5-6,9-12,14-15H,4,7-8,13H2,1-3H3/t14-,15-/m0/s1. The lowest BCUT2D eigenvalue weighted by molar-refractivity contribution is -0.135. The first-order chi connectivity index (χ1) is 11.1. The number of rotatable bonds is 3. The number of piperidine rings is 1. The Morgan fingerprint density at radius 1 is 1.22 bits per heavy atom. The highest BCUT2D eigenvalue weighted by Gasteiger charge is 2.29. The van der Waals surface area contributed by atoms with Crippen LogP contribution in [0.3, 0.4) is 0 Å². The van der Waals surface area contributed by atoms with Gasteiger partial charge >= 0.3 is 0 Å². The summed E-state index contributed by atoms with van der Waals surface area (Å²) in [4.78, 5) is 21.4. The number of amides is 1. The highest BCUT2D eigenvalue weighted by molar-refractivity contribution is 5.92. The Balaban J connectivity index is 1.80. The van der Waals surface area contributed by atoms with Crippen LogP contribution in [0.2, 0.25) is 0 Å². The Bertz CT molecular complexity index is 685. The second-order valence-electron chi connectivity index (χ2n) is 6.64. The summed E-state index contributed by atoms with van der Waals surface area (Å²) >= 11 is 0. The lowest BCUT2D eigenvalue weighted by atomic mass is 9.97. The monoisotopic (exact) mass is 311 g/mol. The summed E-state index contributed by atoms with van der Waals surface area (Å²) < 4.78 is 0. The predicted octanol–water partition coefficient (Wildman–Crippen LogP) is 3.46. The van der Waals surface area contributed by atoms with Gasteiger partial charge in [0.2, 0.25) is 5.91 Å². The third-order valence-electron chi connectivity index (χ3n) is 4.88. The fourth-order valence-corrected chi connectivity index (χ4v) is 3.68. The molecule has 1 aromatic carbocycles. The number of likely N-dealkylation sites (tertiary alicyclic amines) is 1. The van der Waals surface area contributed by atoms with E-state index in [-0.39, 0.29) is 5.91 Å². The molecule has 122 valence electrons. The molecule has 1 aliphatic rings. The molecule has 1 amide bonds. The van der Waals surface area contributed by atoms with E-state index in [1.807, 2.05) is 30.1 Å². The van der Waals surface area contributed by atoms with Gasteiger partial charge in [0, 0.05) is 30.7 Å². The number of para-hydroxylation sites is 1.